The number of phenols is 1. The number of hydrogen-bond donors (Lipinski definition) is 1. The number of rotatable bonds is 0. The summed E-state index contributed by atoms with van der Waals surface area (Å²) in [5.74, 6) is 2.89. The van der Waals surface area contributed by atoms with Crippen LogP contribution in [0.25, 0.3) is 0 Å². The van der Waals surface area contributed by atoms with E-state index >= 15 is 0 Å². The maximum Gasteiger partial charge on any atom is 0.141 e. The lowest BCUT2D eigenvalue weighted by Gasteiger charge is -2.51. The van der Waals surface area contributed by atoms with Crippen molar-refractivity contribution in [2.75, 3.05) is 0 Å². The quantitative estimate of drug-likeness (QED) is 0.780. The van der Waals surface area contributed by atoms with Crippen LogP contribution in [-0.2, 0) is 11.2 Å². The average Bonchev–Trinajstić information content (AvgIpc) is 2.81. The summed E-state index contributed by atoms with van der Waals surface area (Å²) in [4.78, 5) is 12.8. The van der Waals surface area contributed by atoms with Crippen LogP contribution in [0.15, 0.2) is 18.2 Å². The van der Waals surface area contributed by atoms with Gasteiger partial charge in [-0.25, -0.2) is 0 Å². The molecule has 0 aromatic heterocycles. The van der Waals surface area contributed by atoms with Crippen LogP contribution in [0.3, 0.4) is 0 Å². The van der Waals surface area contributed by atoms with Gasteiger partial charge in [0.2, 0.25) is 0 Å². The number of carbonyl (C=O) groups excluding carboxylic acids is 1. The van der Waals surface area contributed by atoms with Gasteiger partial charge in [-0.05, 0) is 73.1 Å². The van der Waals surface area contributed by atoms with E-state index in [1.807, 2.05) is 12.1 Å². The second kappa shape index (κ2) is 4.34. The van der Waals surface area contributed by atoms with E-state index in [2.05, 4.69) is 19.9 Å². The van der Waals surface area contributed by atoms with Crippen molar-refractivity contribution in [3.8, 4) is 5.75 Å². The van der Waals surface area contributed by atoms with Gasteiger partial charge in [-0.15, -0.1) is 0 Å². The van der Waals surface area contributed by atoms with E-state index in [1.54, 1.807) is 0 Å². The standard InChI is InChI=1S/C19H24O2/c1-11-3-6-17-16-10-12-9-13(20)4-5-14(12)15(16)7-8-19(17,2)18(11)21/h4-5,9,11,15-17,20H,3,6-8,10H2,1-2H3/t11?,15-,16+,17-,19-/m0/s1. The Labute approximate surface area is 126 Å². The summed E-state index contributed by atoms with van der Waals surface area (Å²) in [6.07, 6.45) is 5.49. The Morgan fingerprint density at radius 2 is 2.05 bits per heavy atom. The molecule has 2 heteroatoms. The van der Waals surface area contributed by atoms with Crippen LogP contribution in [0.5, 0.6) is 5.75 Å². The first-order chi connectivity index (χ1) is 10.0. The number of carbonyl (C=O) groups is 1. The molecule has 0 saturated heterocycles. The number of benzene rings is 1. The average molecular weight is 284 g/mol. The van der Waals surface area contributed by atoms with Crippen LogP contribution in [0.2, 0.25) is 0 Å². The first-order valence-corrected chi connectivity index (χ1v) is 8.37. The van der Waals surface area contributed by atoms with Crippen molar-refractivity contribution in [2.45, 2.75) is 51.9 Å². The van der Waals surface area contributed by atoms with Crippen molar-refractivity contribution < 1.29 is 9.90 Å². The van der Waals surface area contributed by atoms with Gasteiger partial charge in [0.25, 0.3) is 0 Å². The predicted octanol–water partition coefficient (Wildman–Crippen LogP) is 4.06. The van der Waals surface area contributed by atoms with Crippen LogP contribution in [-0.4, -0.2) is 10.9 Å². The van der Waals surface area contributed by atoms with Gasteiger partial charge in [0, 0.05) is 11.3 Å². The van der Waals surface area contributed by atoms with Gasteiger partial charge < -0.3 is 5.11 Å². The molecular formula is C19H24O2. The van der Waals surface area contributed by atoms with Crippen molar-refractivity contribution in [3.63, 3.8) is 0 Å². The molecule has 1 aromatic carbocycles. The molecule has 1 unspecified atom stereocenters. The van der Waals surface area contributed by atoms with Crippen LogP contribution in [0.4, 0.5) is 0 Å². The Kier molecular flexibility index (Phi) is 2.76. The first kappa shape index (κ1) is 13.4. The molecule has 5 atom stereocenters. The van der Waals surface area contributed by atoms with Gasteiger partial charge in [-0.1, -0.05) is 19.9 Å². The fraction of sp³-hybridized carbons (Fsp3) is 0.632. The molecule has 0 radical (unpaired) electrons. The summed E-state index contributed by atoms with van der Waals surface area (Å²) < 4.78 is 0. The highest BCUT2D eigenvalue weighted by molar-refractivity contribution is 5.87. The highest BCUT2D eigenvalue weighted by Gasteiger charge is 2.55. The second-order valence-electron chi connectivity index (χ2n) is 7.76. The first-order valence-electron chi connectivity index (χ1n) is 8.37. The molecule has 0 bridgehead atoms. The van der Waals surface area contributed by atoms with Gasteiger partial charge in [-0.2, -0.15) is 0 Å². The van der Waals surface area contributed by atoms with Crippen molar-refractivity contribution in [1.82, 2.24) is 0 Å². The molecule has 0 aliphatic heterocycles. The van der Waals surface area contributed by atoms with E-state index in [1.165, 1.54) is 17.5 Å². The van der Waals surface area contributed by atoms with E-state index < -0.39 is 0 Å². The molecule has 3 aliphatic carbocycles. The molecule has 1 aromatic rings. The van der Waals surface area contributed by atoms with E-state index in [0.717, 1.165) is 25.7 Å². The monoisotopic (exact) mass is 284 g/mol. The summed E-state index contributed by atoms with van der Waals surface area (Å²) >= 11 is 0. The molecule has 1 N–H and O–H groups in total. The maximum atomic E-state index is 12.8. The molecule has 2 nitrogen and oxygen atoms in total. The van der Waals surface area contributed by atoms with E-state index in [-0.39, 0.29) is 11.3 Å². The summed E-state index contributed by atoms with van der Waals surface area (Å²) in [5.41, 5.74) is 2.66. The molecule has 0 heterocycles. The number of ketones is 1. The van der Waals surface area contributed by atoms with Crippen molar-refractivity contribution >= 4 is 5.78 Å². The Bertz CT molecular complexity index is 606. The number of fused-ring (bicyclic) bond motifs is 5. The predicted molar refractivity (Wildman–Crippen MR) is 82.3 cm³/mol. The third kappa shape index (κ3) is 1.74. The van der Waals surface area contributed by atoms with Gasteiger partial charge in [0.05, 0.1) is 0 Å². The number of Topliss-reactive ketones (excluding diaryl/α,β-unsaturated/α-hetero) is 1. The molecule has 112 valence electrons. The lowest BCUT2D eigenvalue weighted by Crippen LogP contribution is -2.50. The zero-order valence-electron chi connectivity index (χ0n) is 12.9. The van der Waals surface area contributed by atoms with Gasteiger partial charge in [-0.3, -0.25) is 4.79 Å². The Morgan fingerprint density at radius 3 is 2.86 bits per heavy atom. The highest BCUT2D eigenvalue weighted by atomic mass is 16.3. The van der Waals surface area contributed by atoms with Crippen LogP contribution >= 0.6 is 0 Å². The smallest absolute Gasteiger partial charge is 0.141 e. The van der Waals surface area contributed by atoms with E-state index in [0.29, 0.717) is 29.3 Å². The van der Waals surface area contributed by atoms with Gasteiger partial charge >= 0.3 is 0 Å². The van der Waals surface area contributed by atoms with Crippen molar-refractivity contribution in [3.05, 3.63) is 29.3 Å². The third-order valence-corrected chi connectivity index (χ3v) is 6.73. The van der Waals surface area contributed by atoms with Crippen LogP contribution in [0, 0.1) is 23.2 Å². The zero-order valence-corrected chi connectivity index (χ0v) is 12.9. The largest absolute Gasteiger partial charge is 0.508 e. The highest BCUT2D eigenvalue weighted by Crippen LogP contribution is 2.59. The fourth-order valence-electron chi connectivity index (χ4n) is 5.63. The summed E-state index contributed by atoms with van der Waals surface area (Å²) in [6.45, 7) is 4.34. The lowest BCUT2D eigenvalue weighted by molar-refractivity contribution is -0.144. The molecule has 2 saturated carbocycles. The molecule has 4 rings (SSSR count). The topological polar surface area (TPSA) is 37.3 Å². The zero-order chi connectivity index (χ0) is 14.8. The van der Waals surface area contributed by atoms with Crippen LogP contribution in [0.1, 0.15) is 56.6 Å². The SMILES string of the molecule is CC1CC[C@H]2[C@@H]3Cc4cc(O)ccc4[C@@H]3CC[C@]2(C)C1=O. The van der Waals surface area contributed by atoms with Crippen LogP contribution < -0.4 is 0 Å². The van der Waals surface area contributed by atoms with Gasteiger partial charge in [0.15, 0.2) is 0 Å². The fourth-order valence-corrected chi connectivity index (χ4v) is 5.63. The molecule has 0 spiro atoms. The maximum absolute atomic E-state index is 12.8. The normalized spacial score (nSPS) is 41.3. The van der Waals surface area contributed by atoms with Gasteiger partial charge in [0.1, 0.15) is 11.5 Å². The second-order valence-corrected chi connectivity index (χ2v) is 7.76. The Hall–Kier alpha value is -1.31. The minimum absolute atomic E-state index is 0.0943. The Balaban J connectivity index is 1.71. The molecule has 0 amide bonds. The Morgan fingerprint density at radius 1 is 1.24 bits per heavy atom. The lowest BCUT2D eigenvalue weighted by atomic mass is 9.52. The minimum atomic E-state index is -0.0943. The summed E-state index contributed by atoms with van der Waals surface area (Å²) in [7, 11) is 0. The van der Waals surface area contributed by atoms with Crippen molar-refractivity contribution in [1.29, 1.82) is 0 Å². The van der Waals surface area contributed by atoms with Crippen molar-refractivity contribution in [2.24, 2.45) is 23.2 Å². The third-order valence-electron chi connectivity index (χ3n) is 6.73. The molecular weight excluding hydrogens is 260 g/mol. The van der Waals surface area contributed by atoms with E-state index in [9.17, 15) is 9.90 Å². The number of phenolic OH excluding ortho intramolecular Hbond substituents is 1. The molecule has 3 aliphatic rings. The minimum Gasteiger partial charge on any atom is -0.508 e. The molecule has 2 fully saturated rings. The summed E-state index contributed by atoms with van der Waals surface area (Å²) in [6, 6.07) is 5.88. The summed E-state index contributed by atoms with van der Waals surface area (Å²) in [5, 5.41) is 9.74. The molecule has 21 heavy (non-hydrogen) atoms. The number of aromatic hydroxyl groups is 1. The van der Waals surface area contributed by atoms with E-state index in [4.69, 9.17) is 0 Å². The number of hydrogen-bond acceptors (Lipinski definition) is 2.